The number of fused-ring (bicyclic) bond motifs is 1. The minimum absolute atomic E-state index is 0.128. The minimum Gasteiger partial charge on any atom is -0.342 e. The van der Waals surface area contributed by atoms with Gasteiger partial charge in [-0.05, 0) is 44.9 Å². The highest BCUT2D eigenvalue weighted by atomic mass is 16.2. The van der Waals surface area contributed by atoms with Crippen LogP contribution in [0.25, 0.3) is 11.0 Å². The normalized spacial score (nSPS) is 25.2. The molecule has 0 aliphatic carbocycles. The highest BCUT2D eigenvalue weighted by Gasteiger charge is 2.39. The summed E-state index contributed by atoms with van der Waals surface area (Å²) >= 11 is 0. The third kappa shape index (κ3) is 2.20. The molecule has 0 saturated carbocycles. The Morgan fingerprint density at radius 1 is 1.36 bits per heavy atom. The number of nitrogens with zero attached hydrogens (tertiary/aromatic N) is 2. The summed E-state index contributed by atoms with van der Waals surface area (Å²) in [6, 6.07) is 5.81. The van der Waals surface area contributed by atoms with Crippen molar-refractivity contribution in [2.45, 2.75) is 26.2 Å². The van der Waals surface area contributed by atoms with E-state index in [0.29, 0.717) is 5.41 Å². The molecule has 1 aromatic heterocycles. The van der Waals surface area contributed by atoms with E-state index >= 15 is 0 Å². The second kappa shape index (κ2) is 5.09. The Balaban J connectivity index is 1.65. The summed E-state index contributed by atoms with van der Waals surface area (Å²) in [7, 11) is 0. The van der Waals surface area contributed by atoms with Crippen LogP contribution in [-0.2, 0) is 0 Å². The Morgan fingerprint density at radius 2 is 2.27 bits per heavy atom. The van der Waals surface area contributed by atoms with Crippen LogP contribution in [0.3, 0.4) is 0 Å². The van der Waals surface area contributed by atoms with Gasteiger partial charge in [0.05, 0.1) is 11.1 Å². The number of hydrogen-bond donors (Lipinski definition) is 2. The number of carbonyl (C=O) groups excluding carboxylic acids is 1. The number of likely N-dealkylation sites (tertiary alicyclic amines) is 1. The second-order valence-electron chi connectivity index (χ2n) is 6.78. The van der Waals surface area contributed by atoms with E-state index in [0.717, 1.165) is 55.0 Å². The fraction of sp³-hybridized carbons (Fsp3) is 0.529. The summed E-state index contributed by atoms with van der Waals surface area (Å²) in [6.45, 7) is 5.78. The molecule has 1 spiro atoms. The number of H-pyrrole nitrogens is 1. The van der Waals surface area contributed by atoms with Gasteiger partial charge >= 0.3 is 0 Å². The van der Waals surface area contributed by atoms with Gasteiger partial charge in [0.2, 0.25) is 0 Å². The number of imidazole rings is 1. The monoisotopic (exact) mass is 298 g/mol. The van der Waals surface area contributed by atoms with Crippen LogP contribution in [0.5, 0.6) is 0 Å². The Hall–Kier alpha value is -1.88. The number of nitrogens with one attached hydrogen (secondary N) is 2. The molecule has 2 aliphatic heterocycles. The average molecular weight is 298 g/mol. The van der Waals surface area contributed by atoms with E-state index in [1.54, 1.807) is 0 Å². The van der Waals surface area contributed by atoms with Crippen molar-refractivity contribution in [3.63, 3.8) is 0 Å². The van der Waals surface area contributed by atoms with Crippen molar-refractivity contribution >= 4 is 16.9 Å². The highest BCUT2D eigenvalue weighted by molar-refractivity contribution is 6.04. The van der Waals surface area contributed by atoms with Gasteiger partial charge in [0.1, 0.15) is 11.3 Å². The Bertz CT molecular complexity index is 715. The summed E-state index contributed by atoms with van der Waals surface area (Å²) in [5.74, 6) is 0.980. The van der Waals surface area contributed by atoms with Crippen LogP contribution in [0, 0.1) is 12.3 Å². The number of hydrogen-bond acceptors (Lipinski definition) is 3. The van der Waals surface area contributed by atoms with E-state index in [-0.39, 0.29) is 5.91 Å². The fourth-order valence-corrected chi connectivity index (χ4v) is 4.02. The maximum Gasteiger partial charge on any atom is 0.256 e. The van der Waals surface area contributed by atoms with E-state index in [1.165, 1.54) is 12.8 Å². The Morgan fingerprint density at radius 3 is 3.09 bits per heavy atom. The molecular weight excluding hydrogens is 276 g/mol. The molecule has 0 radical (unpaired) electrons. The maximum atomic E-state index is 13.0. The van der Waals surface area contributed by atoms with Crippen molar-refractivity contribution in [2.24, 2.45) is 5.41 Å². The van der Waals surface area contributed by atoms with Gasteiger partial charge in [0.15, 0.2) is 0 Å². The van der Waals surface area contributed by atoms with Crippen molar-refractivity contribution in [3.8, 4) is 0 Å². The molecule has 1 aromatic carbocycles. The summed E-state index contributed by atoms with van der Waals surface area (Å²) in [5, 5.41) is 3.46. The van der Waals surface area contributed by atoms with Crippen molar-refractivity contribution in [2.75, 3.05) is 26.2 Å². The summed E-state index contributed by atoms with van der Waals surface area (Å²) < 4.78 is 0. The van der Waals surface area contributed by atoms with Crippen LogP contribution >= 0.6 is 0 Å². The van der Waals surface area contributed by atoms with Crippen LogP contribution < -0.4 is 5.32 Å². The van der Waals surface area contributed by atoms with Gasteiger partial charge in [-0.2, -0.15) is 0 Å². The van der Waals surface area contributed by atoms with Crippen molar-refractivity contribution < 1.29 is 4.79 Å². The predicted molar refractivity (Wildman–Crippen MR) is 85.9 cm³/mol. The molecule has 5 nitrogen and oxygen atoms in total. The molecule has 1 atom stereocenters. The first-order valence-electron chi connectivity index (χ1n) is 8.12. The molecule has 5 heteroatoms. The molecule has 2 N–H and O–H groups in total. The largest absolute Gasteiger partial charge is 0.342 e. The molecule has 116 valence electrons. The van der Waals surface area contributed by atoms with Gasteiger partial charge in [-0.25, -0.2) is 4.98 Å². The smallest absolute Gasteiger partial charge is 0.256 e. The molecule has 4 rings (SSSR count). The molecule has 1 amide bonds. The number of rotatable bonds is 1. The molecule has 2 aromatic rings. The molecule has 0 unspecified atom stereocenters. The van der Waals surface area contributed by atoms with Gasteiger partial charge in [-0.1, -0.05) is 6.07 Å². The van der Waals surface area contributed by atoms with Crippen LogP contribution in [0.1, 0.15) is 35.4 Å². The SMILES string of the molecule is Cc1nc2c(C(=O)N3CCC[C@@]4(CCNC4)C3)cccc2[nH]1. The Labute approximate surface area is 130 Å². The molecule has 0 bridgehead atoms. The number of piperidine rings is 1. The zero-order valence-electron chi connectivity index (χ0n) is 13.0. The fourth-order valence-electron chi connectivity index (χ4n) is 4.02. The maximum absolute atomic E-state index is 13.0. The molecule has 22 heavy (non-hydrogen) atoms. The van der Waals surface area contributed by atoms with Gasteiger partial charge in [0.25, 0.3) is 5.91 Å². The van der Waals surface area contributed by atoms with E-state index in [4.69, 9.17) is 0 Å². The Kier molecular flexibility index (Phi) is 3.18. The zero-order chi connectivity index (χ0) is 15.2. The van der Waals surface area contributed by atoms with Gasteiger partial charge in [0, 0.05) is 25.0 Å². The van der Waals surface area contributed by atoms with E-state index in [2.05, 4.69) is 15.3 Å². The lowest BCUT2D eigenvalue weighted by atomic mass is 9.79. The first-order valence-corrected chi connectivity index (χ1v) is 8.12. The third-order valence-electron chi connectivity index (χ3n) is 5.14. The second-order valence-corrected chi connectivity index (χ2v) is 6.78. The van der Waals surface area contributed by atoms with Crippen LogP contribution in [0.2, 0.25) is 0 Å². The van der Waals surface area contributed by atoms with Gasteiger partial charge in [-0.3, -0.25) is 4.79 Å². The summed E-state index contributed by atoms with van der Waals surface area (Å²) in [6.07, 6.45) is 3.51. The van der Waals surface area contributed by atoms with Crippen LogP contribution in [-0.4, -0.2) is 47.0 Å². The number of carbonyl (C=O) groups is 1. The molecule has 2 fully saturated rings. The third-order valence-corrected chi connectivity index (χ3v) is 5.14. The van der Waals surface area contributed by atoms with Crippen molar-refractivity contribution in [1.29, 1.82) is 0 Å². The first kappa shape index (κ1) is 13.8. The standard InChI is InChI=1S/C17H22N4O/c1-12-19-14-5-2-4-13(15(14)20-12)16(22)21-9-3-6-17(11-21)7-8-18-10-17/h2,4-5,18H,3,6-11H2,1H3,(H,19,20)/t17-/m0/s1. The predicted octanol–water partition coefficient (Wildman–Crippen LogP) is 2.09. The van der Waals surface area contributed by atoms with Crippen molar-refractivity contribution in [1.82, 2.24) is 20.2 Å². The van der Waals surface area contributed by atoms with E-state index in [9.17, 15) is 4.79 Å². The van der Waals surface area contributed by atoms with Gasteiger partial charge in [-0.15, -0.1) is 0 Å². The number of aromatic nitrogens is 2. The topological polar surface area (TPSA) is 61.0 Å². The lowest BCUT2D eigenvalue weighted by Crippen LogP contribution is -2.47. The zero-order valence-corrected chi connectivity index (χ0v) is 13.0. The highest BCUT2D eigenvalue weighted by Crippen LogP contribution is 2.36. The molecule has 3 heterocycles. The van der Waals surface area contributed by atoms with Crippen LogP contribution in [0.4, 0.5) is 0 Å². The average Bonchev–Trinajstić information content (AvgIpc) is 3.12. The molecular formula is C17H22N4O. The number of amides is 1. The molecule has 2 aliphatic rings. The number of benzene rings is 1. The minimum atomic E-state index is 0.128. The summed E-state index contributed by atoms with van der Waals surface area (Å²) in [4.78, 5) is 22.8. The summed E-state index contributed by atoms with van der Waals surface area (Å²) in [5.41, 5.74) is 2.76. The number of para-hydroxylation sites is 1. The van der Waals surface area contributed by atoms with Gasteiger partial charge < -0.3 is 15.2 Å². The van der Waals surface area contributed by atoms with E-state index in [1.807, 2.05) is 30.0 Å². The number of aryl methyl sites for hydroxylation is 1. The van der Waals surface area contributed by atoms with E-state index < -0.39 is 0 Å². The number of aromatic amines is 1. The molecule has 2 saturated heterocycles. The first-order chi connectivity index (χ1) is 10.7. The lowest BCUT2D eigenvalue weighted by molar-refractivity contribution is 0.0555. The van der Waals surface area contributed by atoms with Crippen molar-refractivity contribution in [3.05, 3.63) is 29.6 Å². The lowest BCUT2D eigenvalue weighted by Gasteiger charge is -2.40. The van der Waals surface area contributed by atoms with Crippen LogP contribution in [0.15, 0.2) is 18.2 Å². The quantitative estimate of drug-likeness (QED) is 0.847.